The molecule has 0 radical (unpaired) electrons. The molecule has 3 rings (SSSR count). The zero-order chi connectivity index (χ0) is 20.1. The predicted octanol–water partition coefficient (Wildman–Crippen LogP) is 3.96. The van der Waals surface area contributed by atoms with Crippen molar-refractivity contribution in [3.05, 3.63) is 76.6 Å². The molecule has 0 spiro atoms. The van der Waals surface area contributed by atoms with Gasteiger partial charge in [-0.05, 0) is 41.5 Å². The van der Waals surface area contributed by atoms with Crippen LogP contribution in [0.5, 0.6) is 0 Å². The maximum atomic E-state index is 12.9. The van der Waals surface area contributed by atoms with Crippen LogP contribution in [0.1, 0.15) is 11.1 Å². The highest BCUT2D eigenvalue weighted by Gasteiger charge is 2.21. The van der Waals surface area contributed by atoms with E-state index in [0.29, 0.717) is 10.6 Å². The lowest BCUT2D eigenvalue weighted by Gasteiger charge is -2.00. The minimum atomic E-state index is -3.76. The van der Waals surface area contributed by atoms with Crippen LogP contribution >= 0.6 is 22.9 Å². The predicted molar refractivity (Wildman–Crippen MR) is 106 cm³/mol. The Morgan fingerprint density at radius 3 is 2.46 bits per heavy atom. The maximum absolute atomic E-state index is 12.9. The normalized spacial score (nSPS) is 11.6. The summed E-state index contributed by atoms with van der Waals surface area (Å²) in [7, 11) is -3.76. The summed E-state index contributed by atoms with van der Waals surface area (Å²) in [6.45, 7) is 0. The summed E-state index contributed by atoms with van der Waals surface area (Å²) < 4.78 is 37.5. The van der Waals surface area contributed by atoms with Crippen molar-refractivity contribution in [3.8, 4) is 0 Å². The first kappa shape index (κ1) is 20.1. The largest absolute Gasteiger partial charge is 0.297 e. The van der Waals surface area contributed by atoms with Gasteiger partial charge in [0.05, 0.1) is 5.75 Å². The van der Waals surface area contributed by atoms with E-state index in [4.69, 9.17) is 11.6 Å². The van der Waals surface area contributed by atoms with Crippen LogP contribution in [0, 0.1) is 5.82 Å². The number of carbonyl (C=O) groups is 1. The summed E-state index contributed by atoms with van der Waals surface area (Å²) in [5, 5.41) is 10.4. The van der Waals surface area contributed by atoms with E-state index >= 15 is 0 Å². The van der Waals surface area contributed by atoms with E-state index in [0.717, 1.165) is 16.9 Å². The van der Waals surface area contributed by atoms with E-state index in [-0.39, 0.29) is 15.2 Å². The molecule has 1 aromatic heterocycles. The second kappa shape index (κ2) is 8.59. The Kier molecular flexibility index (Phi) is 6.18. The minimum Gasteiger partial charge on any atom is -0.297 e. The molecular formula is C18H13ClFN3O3S2. The number of hydrogen-bond donors (Lipinski definition) is 1. The van der Waals surface area contributed by atoms with Crippen molar-refractivity contribution in [3.63, 3.8) is 0 Å². The summed E-state index contributed by atoms with van der Waals surface area (Å²) in [5.74, 6) is -1.27. The van der Waals surface area contributed by atoms with Gasteiger partial charge in [-0.25, -0.2) is 12.8 Å². The van der Waals surface area contributed by atoms with Crippen molar-refractivity contribution in [2.75, 3.05) is 5.32 Å². The molecule has 1 amide bonds. The molecule has 28 heavy (non-hydrogen) atoms. The smallest absolute Gasteiger partial charge is 0.250 e. The van der Waals surface area contributed by atoms with Gasteiger partial charge in [0.15, 0.2) is 0 Å². The number of halogens is 2. The first-order valence-electron chi connectivity index (χ1n) is 7.87. The van der Waals surface area contributed by atoms with Gasteiger partial charge in [-0.1, -0.05) is 47.2 Å². The number of sulfone groups is 1. The fourth-order valence-corrected chi connectivity index (χ4v) is 4.59. The summed E-state index contributed by atoms with van der Waals surface area (Å²) in [6, 6.07) is 12.0. The molecule has 0 aliphatic heterocycles. The van der Waals surface area contributed by atoms with Crippen LogP contribution in [-0.4, -0.2) is 24.5 Å². The van der Waals surface area contributed by atoms with Crippen molar-refractivity contribution < 1.29 is 17.6 Å². The molecule has 0 aliphatic rings. The van der Waals surface area contributed by atoms with Gasteiger partial charge >= 0.3 is 0 Å². The highest BCUT2D eigenvalue weighted by atomic mass is 35.5. The molecule has 2 aromatic carbocycles. The quantitative estimate of drug-likeness (QED) is 0.465. The van der Waals surface area contributed by atoms with Crippen molar-refractivity contribution >= 4 is 49.9 Å². The summed E-state index contributed by atoms with van der Waals surface area (Å²) in [6.07, 6.45) is 2.87. The van der Waals surface area contributed by atoms with Crippen molar-refractivity contribution in [2.24, 2.45) is 0 Å². The van der Waals surface area contributed by atoms with Gasteiger partial charge in [0.1, 0.15) is 5.82 Å². The second-order valence-corrected chi connectivity index (χ2v) is 9.21. The fraction of sp³-hybridized carbons (Fsp3) is 0.0556. The number of hydrogen-bond acceptors (Lipinski definition) is 6. The van der Waals surface area contributed by atoms with Gasteiger partial charge in [0.2, 0.25) is 25.2 Å². The number of nitrogens with zero attached hydrogens (tertiary/aromatic N) is 2. The molecular weight excluding hydrogens is 425 g/mol. The van der Waals surface area contributed by atoms with E-state index in [1.807, 2.05) is 0 Å². The average Bonchev–Trinajstić information content (AvgIpc) is 3.12. The van der Waals surface area contributed by atoms with E-state index in [9.17, 15) is 17.6 Å². The standard InChI is InChI=1S/C18H13ClFN3O3S2/c19-14-6-1-12(2-7-14)5-10-16(24)21-17-22-23-18(27-17)28(25,26)11-13-3-8-15(20)9-4-13/h1-10H,11H2,(H,21,22,24)/b10-5+. The van der Waals surface area contributed by atoms with Crippen LogP contribution in [0.3, 0.4) is 0 Å². The molecule has 1 N–H and O–H groups in total. The molecule has 0 unspecified atom stereocenters. The summed E-state index contributed by atoms with van der Waals surface area (Å²) in [4.78, 5) is 12.0. The Hall–Kier alpha value is -2.62. The molecule has 0 saturated heterocycles. The number of carbonyl (C=O) groups excluding carboxylic acids is 1. The van der Waals surface area contributed by atoms with Crippen LogP contribution in [0.2, 0.25) is 5.02 Å². The molecule has 0 aliphatic carbocycles. The minimum absolute atomic E-state index is 0.0587. The van der Waals surface area contributed by atoms with E-state index in [1.54, 1.807) is 30.3 Å². The van der Waals surface area contributed by atoms with Crippen molar-refractivity contribution in [1.82, 2.24) is 10.2 Å². The molecule has 0 bridgehead atoms. The van der Waals surface area contributed by atoms with Crippen LogP contribution in [0.25, 0.3) is 6.08 Å². The highest BCUT2D eigenvalue weighted by molar-refractivity contribution is 7.92. The number of aromatic nitrogens is 2. The Bertz CT molecular complexity index is 1110. The third-order valence-corrected chi connectivity index (χ3v) is 6.69. The lowest BCUT2D eigenvalue weighted by Crippen LogP contribution is -2.07. The highest BCUT2D eigenvalue weighted by Crippen LogP contribution is 2.23. The Balaban J connectivity index is 1.65. The monoisotopic (exact) mass is 437 g/mol. The number of nitrogens with one attached hydrogen (secondary N) is 1. The number of rotatable bonds is 6. The van der Waals surface area contributed by atoms with Crippen molar-refractivity contribution in [2.45, 2.75) is 10.1 Å². The molecule has 0 saturated carbocycles. The molecule has 6 nitrogen and oxygen atoms in total. The lowest BCUT2D eigenvalue weighted by atomic mass is 10.2. The molecule has 10 heteroatoms. The van der Waals surface area contributed by atoms with Gasteiger partial charge in [0, 0.05) is 11.1 Å². The second-order valence-electron chi connectivity index (χ2n) is 5.63. The first-order chi connectivity index (χ1) is 13.3. The zero-order valence-electron chi connectivity index (χ0n) is 14.2. The van der Waals surface area contributed by atoms with Gasteiger partial charge in [0.25, 0.3) is 0 Å². The van der Waals surface area contributed by atoms with E-state index < -0.39 is 21.6 Å². The number of amides is 1. The van der Waals surface area contributed by atoms with E-state index in [2.05, 4.69) is 15.5 Å². The lowest BCUT2D eigenvalue weighted by molar-refractivity contribution is -0.111. The van der Waals surface area contributed by atoms with Crippen LogP contribution in [-0.2, 0) is 20.4 Å². The zero-order valence-corrected chi connectivity index (χ0v) is 16.6. The maximum Gasteiger partial charge on any atom is 0.250 e. The average molecular weight is 438 g/mol. The molecule has 144 valence electrons. The Morgan fingerprint density at radius 1 is 1.11 bits per heavy atom. The summed E-state index contributed by atoms with van der Waals surface area (Å²) >= 11 is 6.54. The van der Waals surface area contributed by atoms with Crippen LogP contribution < -0.4 is 5.32 Å². The van der Waals surface area contributed by atoms with E-state index in [1.165, 1.54) is 30.3 Å². The molecule has 1 heterocycles. The van der Waals surface area contributed by atoms with Crippen molar-refractivity contribution in [1.29, 1.82) is 0 Å². The third-order valence-electron chi connectivity index (χ3n) is 3.47. The number of anilines is 1. The van der Waals surface area contributed by atoms with Crippen LogP contribution in [0.15, 0.2) is 58.9 Å². The molecule has 3 aromatic rings. The third kappa shape index (κ3) is 5.44. The Labute approximate surface area is 169 Å². The first-order valence-corrected chi connectivity index (χ1v) is 10.7. The summed E-state index contributed by atoms with van der Waals surface area (Å²) in [5.41, 5.74) is 1.20. The SMILES string of the molecule is O=C(/C=C/c1ccc(Cl)cc1)Nc1nnc(S(=O)(=O)Cc2ccc(F)cc2)s1. The van der Waals surface area contributed by atoms with Gasteiger partial charge < -0.3 is 0 Å². The number of benzene rings is 2. The topological polar surface area (TPSA) is 89.0 Å². The van der Waals surface area contributed by atoms with Crippen LogP contribution in [0.4, 0.5) is 9.52 Å². The fourth-order valence-electron chi connectivity index (χ4n) is 2.14. The van der Waals surface area contributed by atoms with Gasteiger partial charge in [-0.15, -0.1) is 10.2 Å². The molecule has 0 fully saturated rings. The Morgan fingerprint density at radius 2 is 1.79 bits per heavy atom. The van der Waals surface area contributed by atoms with Gasteiger partial charge in [-0.2, -0.15) is 0 Å². The molecule has 0 atom stereocenters. The van der Waals surface area contributed by atoms with Gasteiger partial charge in [-0.3, -0.25) is 10.1 Å².